The number of rotatable bonds is 13. The summed E-state index contributed by atoms with van der Waals surface area (Å²) in [5.41, 5.74) is 3.55. The Kier molecular flexibility index (Phi) is 10.8. The van der Waals surface area contributed by atoms with Crippen LogP contribution in [0.25, 0.3) is 17.0 Å². The van der Waals surface area contributed by atoms with Crippen LogP contribution in [0.1, 0.15) is 29.9 Å². The lowest BCUT2D eigenvalue weighted by atomic mass is 9.89. The molecule has 0 spiro atoms. The number of carbonyl (C=O) groups excluding carboxylic acids is 1. The molecule has 0 unspecified atom stereocenters. The Morgan fingerprint density at radius 3 is 2.82 bits per heavy atom. The standard InChI is InChI=1S/C30H36ClN3O4/c1-36-18-19-37-22-38-29-11-10-23(20-27(29)31)6-2-5-9-30(35)32-14-17-34-15-12-24(13-16-34)26-21-33-28-8-4-3-7-25(26)28/h2-11,20-21,24,33H,12-19,22H2,1H3,(H,32,35)/b6-2+,9-5+. The minimum Gasteiger partial charge on any atom is -0.466 e. The average molecular weight is 538 g/mol. The molecule has 1 saturated heterocycles. The zero-order valence-electron chi connectivity index (χ0n) is 21.8. The summed E-state index contributed by atoms with van der Waals surface area (Å²) in [6.07, 6.45) is 11.4. The number of nitrogens with zero attached hydrogens (tertiary/aromatic N) is 1. The molecule has 0 atom stereocenters. The van der Waals surface area contributed by atoms with Crippen LogP contribution in [-0.4, -0.2) is 69.1 Å². The van der Waals surface area contributed by atoms with Crippen molar-refractivity contribution in [2.45, 2.75) is 18.8 Å². The number of likely N-dealkylation sites (tertiary alicyclic amines) is 1. The number of benzene rings is 2. The van der Waals surface area contributed by atoms with Gasteiger partial charge in [0.05, 0.1) is 18.2 Å². The highest BCUT2D eigenvalue weighted by atomic mass is 35.5. The van der Waals surface area contributed by atoms with Crippen LogP contribution in [0.2, 0.25) is 5.02 Å². The van der Waals surface area contributed by atoms with E-state index in [0.717, 1.165) is 38.0 Å². The molecule has 1 aromatic heterocycles. The van der Waals surface area contributed by atoms with E-state index >= 15 is 0 Å². The number of H-pyrrole nitrogens is 1. The number of halogens is 1. The van der Waals surface area contributed by atoms with Gasteiger partial charge in [0.25, 0.3) is 0 Å². The second-order valence-corrected chi connectivity index (χ2v) is 9.68. The molecule has 1 aliphatic rings. The van der Waals surface area contributed by atoms with Crippen molar-refractivity contribution >= 4 is 34.5 Å². The summed E-state index contributed by atoms with van der Waals surface area (Å²) in [4.78, 5) is 18.0. The van der Waals surface area contributed by atoms with E-state index in [1.54, 1.807) is 25.3 Å². The van der Waals surface area contributed by atoms with Crippen LogP contribution in [0.15, 0.2) is 66.9 Å². The van der Waals surface area contributed by atoms with E-state index in [1.807, 2.05) is 18.2 Å². The monoisotopic (exact) mass is 537 g/mol. The van der Waals surface area contributed by atoms with Crippen LogP contribution >= 0.6 is 11.6 Å². The fourth-order valence-electron chi connectivity index (χ4n) is 4.65. The lowest BCUT2D eigenvalue weighted by Crippen LogP contribution is -2.38. The average Bonchev–Trinajstić information content (AvgIpc) is 3.37. The van der Waals surface area contributed by atoms with E-state index in [9.17, 15) is 4.79 Å². The summed E-state index contributed by atoms with van der Waals surface area (Å²) in [7, 11) is 1.62. The zero-order valence-corrected chi connectivity index (χ0v) is 22.6. The molecule has 0 saturated carbocycles. The van der Waals surface area contributed by atoms with Gasteiger partial charge in [-0.15, -0.1) is 0 Å². The number of ether oxygens (including phenoxy) is 3. The summed E-state index contributed by atoms with van der Waals surface area (Å²) >= 11 is 6.28. The van der Waals surface area contributed by atoms with Crippen LogP contribution in [0.4, 0.5) is 0 Å². The van der Waals surface area contributed by atoms with Crippen molar-refractivity contribution in [3.8, 4) is 5.75 Å². The molecule has 2 heterocycles. The van der Waals surface area contributed by atoms with Crippen molar-refractivity contribution in [1.29, 1.82) is 0 Å². The number of allylic oxidation sites excluding steroid dienone is 2. The highest BCUT2D eigenvalue weighted by molar-refractivity contribution is 6.32. The number of para-hydroxylation sites is 1. The summed E-state index contributed by atoms with van der Waals surface area (Å²) in [5, 5.41) is 4.81. The molecule has 3 aromatic rings. The molecular weight excluding hydrogens is 502 g/mol. The van der Waals surface area contributed by atoms with Crippen LogP contribution in [0, 0.1) is 0 Å². The molecule has 0 radical (unpaired) electrons. The fraction of sp³-hybridized carbons (Fsp3) is 0.367. The number of carbonyl (C=O) groups is 1. The molecule has 1 aliphatic heterocycles. The summed E-state index contributed by atoms with van der Waals surface area (Å²) in [6.45, 7) is 4.67. The van der Waals surface area contributed by atoms with Gasteiger partial charge in [-0.05, 0) is 61.2 Å². The molecule has 4 rings (SSSR count). The topological polar surface area (TPSA) is 75.8 Å². The van der Waals surface area contributed by atoms with Crippen LogP contribution in [0.5, 0.6) is 5.75 Å². The van der Waals surface area contributed by atoms with Gasteiger partial charge in [-0.25, -0.2) is 0 Å². The van der Waals surface area contributed by atoms with Crippen LogP contribution < -0.4 is 10.1 Å². The molecule has 38 heavy (non-hydrogen) atoms. The Hall–Kier alpha value is -3.10. The highest BCUT2D eigenvalue weighted by Gasteiger charge is 2.22. The van der Waals surface area contributed by atoms with Gasteiger partial charge in [-0.1, -0.05) is 54.1 Å². The van der Waals surface area contributed by atoms with E-state index in [0.29, 0.717) is 36.4 Å². The van der Waals surface area contributed by atoms with E-state index in [-0.39, 0.29) is 12.7 Å². The molecule has 7 nitrogen and oxygen atoms in total. The number of hydrogen-bond donors (Lipinski definition) is 2. The van der Waals surface area contributed by atoms with E-state index in [4.69, 9.17) is 25.8 Å². The molecular formula is C30H36ClN3O4. The molecule has 2 aromatic carbocycles. The van der Waals surface area contributed by atoms with Gasteiger partial charge in [-0.2, -0.15) is 0 Å². The summed E-state index contributed by atoms with van der Waals surface area (Å²) in [5.74, 6) is 1.04. The van der Waals surface area contributed by atoms with E-state index in [1.165, 1.54) is 22.5 Å². The smallest absolute Gasteiger partial charge is 0.244 e. The first-order valence-electron chi connectivity index (χ1n) is 13.0. The zero-order chi connectivity index (χ0) is 26.6. The third kappa shape index (κ3) is 8.20. The number of aromatic nitrogens is 1. The maximum Gasteiger partial charge on any atom is 0.244 e. The van der Waals surface area contributed by atoms with Crippen molar-refractivity contribution in [1.82, 2.24) is 15.2 Å². The maximum absolute atomic E-state index is 12.2. The summed E-state index contributed by atoms with van der Waals surface area (Å²) in [6, 6.07) is 14.0. The number of nitrogens with one attached hydrogen (secondary N) is 2. The number of methoxy groups -OCH3 is 1. The molecule has 2 N–H and O–H groups in total. The van der Waals surface area contributed by atoms with Crippen molar-refractivity contribution in [2.24, 2.45) is 0 Å². The van der Waals surface area contributed by atoms with Gasteiger partial charge in [-0.3, -0.25) is 4.79 Å². The van der Waals surface area contributed by atoms with Crippen LogP contribution in [0.3, 0.4) is 0 Å². The number of fused-ring (bicyclic) bond motifs is 1. The Labute approximate surface area is 229 Å². The fourth-order valence-corrected chi connectivity index (χ4v) is 4.89. The predicted octanol–water partition coefficient (Wildman–Crippen LogP) is 5.39. The quantitative estimate of drug-likeness (QED) is 0.132. The van der Waals surface area contributed by atoms with Crippen molar-refractivity contribution in [3.63, 3.8) is 0 Å². The predicted molar refractivity (Wildman–Crippen MR) is 153 cm³/mol. The first-order valence-corrected chi connectivity index (χ1v) is 13.4. The number of amides is 1. The van der Waals surface area contributed by atoms with E-state index in [2.05, 4.69) is 45.7 Å². The molecule has 8 heteroatoms. The largest absolute Gasteiger partial charge is 0.466 e. The lowest BCUT2D eigenvalue weighted by Gasteiger charge is -2.31. The van der Waals surface area contributed by atoms with Gasteiger partial charge >= 0.3 is 0 Å². The highest BCUT2D eigenvalue weighted by Crippen LogP contribution is 2.33. The second-order valence-electron chi connectivity index (χ2n) is 9.27. The Morgan fingerprint density at radius 1 is 1.16 bits per heavy atom. The van der Waals surface area contributed by atoms with E-state index < -0.39 is 0 Å². The van der Waals surface area contributed by atoms with Crippen molar-refractivity contribution < 1.29 is 19.0 Å². The normalized spacial score (nSPS) is 15.1. The number of aromatic amines is 1. The van der Waals surface area contributed by atoms with Gasteiger partial charge in [0.2, 0.25) is 5.91 Å². The molecule has 202 valence electrons. The third-order valence-electron chi connectivity index (χ3n) is 6.71. The maximum atomic E-state index is 12.2. The Bertz CT molecular complexity index is 1230. The minimum atomic E-state index is -0.0985. The minimum absolute atomic E-state index is 0.0985. The van der Waals surface area contributed by atoms with Gasteiger partial charge in [0, 0.05) is 43.4 Å². The second kappa shape index (κ2) is 14.7. The number of hydrogen-bond acceptors (Lipinski definition) is 5. The van der Waals surface area contributed by atoms with Crippen molar-refractivity contribution in [2.75, 3.05) is 53.3 Å². The molecule has 0 bridgehead atoms. The Balaban J connectivity index is 1.12. The summed E-state index contributed by atoms with van der Waals surface area (Å²) < 4.78 is 15.7. The van der Waals surface area contributed by atoms with Gasteiger partial charge in [0.1, 0.15) is 5.75 Å². The number of piperidine rings is 1. The van der Waals surface area contributed by atoms with Gasteiger partial charge in [0.15, 0.2) is 6.79 Å². The SMILES string of the molecule is COCCOCOc1ccc(/C=C/C=C/C(=O)NCCN2CCC(c3c[nH]c4ccccc34)CC2)cc1Cl. The molecule has 1 amide bonds. The first kappa shape index (κ1) is 27.9. The third-order valence-corrected chi connectivity index (χ3v) is 7.00. The Morgan fingerprint density at radius 2 is 2.00 bits per heavy atom. The van der Waals surface area contributed by atoms with Crippen LogP contribution in [-0.2, 0) is 14.3 Å². The van der Waals surface area contributed by atoms with Gasteiger partial charge < -0.3 is 29.4 Å². The molecule has 0 aliphatic carbocycles. The lowest BCUT2D eigenvalue weighted by molar-refractivity contribution is -0.116. The first-order chi connectivity index (χ1) is 18.6. The van der Waals surface area contributed by atoms with Crippen molar-refractivity contribution in [3.05, 3.63) is 83.0 Å². The molecule has 1 fully saturated rings.